The minimum Gasteiger partial charge on any atom is -0.367 e. The average Bonchev–Trinajstić information content (AvgIpc) is 2.27. The van der Waals surface area contributed by atoms with Crippen molar-refractivity contribution in [2.24, 2.45) is 0 Å². The molecule has 0 aliphatic carbocycles. The number of nitro benzene ring substituents is 1. The number of benzene rings is 1. The summed E-state index contributed by atoms with van der Waals surface area (Å²) in [6, 6.07) is 4.63. The first-order valence-electron chi connectivity index (χ1n) is 5.83. The predicted octanol–water partition coefficient (Wildman–Crippen LogP) is 2.44. The number of halogens is 1. The van der Waals surface area contributed by atoms with E-state index in [-0.39, 0.29) is 11.2 Å². The third-order valence-electron chi connectivity index (χ3n) is 3.05. The summed E-state index contributed by atoms with van der Waals surface area (Å²) in [6.07, 6.45) is 0. The first-order valence-corrected chi connectivity index (χ1v) is 6.21. The van der Waals surface area contributed by atoms with Crippen molar-refractivity contribution in [1.82, 2.24) is 5.32 Å². The van der Waals surface area contributed by atoms with Gasteiger partial charge in [0.25, 0.3) is 5.69 Å². The van der Waals surface area contributed by atoms with Crippen LogP contribution in [0.1, 0.15) is 13.8 Å². The molecular formula is C12H16ClN3O2. The zero-order valence-electron chi connectivity index (χ0n) is 10.4. The molecule has 0 radical (unpaired) electrons. The Morgan fingerprint density at radius 2 is 2.22 bits per heavy atom. The number of nitro groups is 1. The Hall–Kier alpha value is -1.33. The summed E-state index contributed by atoms with van der Waals surface area (Å²) < 4.78 is 0. The maximum Gasteiger partial charge on any atom is 0.271 e. The molecule has 1 heterocycles. The van der Waals surface area contributed by atoms with Gasteiger partial charge in [-0.25, -0.2) is 0 Å². The van der Waals surface area contributed by atoms with Crippen LogP contribution < -0.4 is 10.2 Å². The second-order valence-corrected chi connectivity index (χ2v) is 5.53. The van der Waals surface area contributed by atoms with Gasteiger partial charge in [-0.1, -0.05) is 11.6 Å². The Morgan fingerprint density at radius 3 is 2.78 bits per heavy atom. The third kappa shape index (κ3) is 2.73. The number of piperazine rings is 1. The second kappa shape index (κ2) is 4.74. The van der Waals surface area contributed by atoms with Crippen LogP contribution in [0.4, 0.5) is 11.4 Å². The van der Waals surface area contributed by atoms with Crippen LogP contribution in [0.5, 0.6) is 0 Å². The second-order valence-electron chi connectivity index (χ2n) is 5.13. The number of anilines is 1. The first kappa shape index (κ1) is 13.1. The maximum atomic E-state index is 10.7. The SMILES string of the molecule is CC1(C)CN(c2ccc([N+](=O)[O-])cc2Cl)CCN1. The lowest BCUT2D eigenvalue weighted by atomic mass is 10.0. The van der Waals surface area contributed by atoms with E-state index < -0.39 is 4.92 Å². The van der Waals surface area contributed by atoms with E-state index in [0.29, 0.717) is 5.02 Å². The Morgan fingerprint density at radius 1 is 1.50 bits per heavy atom. The van der Waals surface area contributed by atoms with Crippen LogP contribution in [-0.4, -0.2) is 30.1 Å². The van der Waals surface area contributed by atoms with Gasteiger partial charge >= 0.3 is 0 Å². The van der Waals surface area contributed by atoms with Crippen molar-refractivity contribution in [2.75, 3.05) is 24.5 Å². The summed E-state index contributed by atoms with van der Waals surface area (Å²) in [5.74, 6) is 0. The summed E-state index contributed by atoms with van der Waals surface area (Å²) >= 11 is 6.13. The summed E-state index contributed by atoms with van der Waals surface area (Å²) in [6.45, 7) is 6.79. The number of hydrogen-bond donors (Lipinski definition) is 1. The molecule has 5 nitrogen and oxygen atoms in total. The number of rotatable bonds is 2. The largest absolute Gasteiger partial charge is 0.367 e. The quantitative estimate of drug-likeness (QED) is 0.662. The monoisotopic (exact) mass is 269 g/mol. The highest BCUT2D eigenvalue weighted by atomic mass is 35.5. The van der Waals surface area contributed by atoms with Crippen LogP contribution >= 0.6 is 11.6 Å². The molecule has 0 bridgehead atoms. The van der Waals surface area contributed by atoms with Crippen molar-refractivity contribution in [3.05, 3.63) is 33.3 Å². The Labute approximate surface area is 111 Å². The van der Waals surface area contributed by atoms with Gasteiger partial charge in [-0.05, 0) is 19.9 Å². The lowest BCUT2D eigenvalue weighted by Crippen LogP contribution is -2.57. The molecule has 0 spiro atoms. The molecule has 1 N–H and O–H groups in total. The van der Waals surface area contributed by atoms with Gasteiger partial charge in [0.2, 0.25) is 0 Å². The lowest BCUT2D eigenvalue weighted by Gasteiger charge is -2.40. The minimum absolute atomic E-state index is 0.0172. The van der Waals surface area contributed by atoms with E-state index in [1.807, 2.05) is 0 Å². The number of hydrogen-bond acceptors (Lipinski definition) is 4. The highest BCUT2D eigenvalue weighted by Gasteiger charge is 2.27. The lowest BCUT2D eigenvalue weighted by molar-refractivity contribution is -0.384. The summed E-state index contributed by atoms with van der Waals surface area (Å²) in [7, 11) is 0. The van der Waals surface area contributed by atoms with Gasteiger partial charge in [0, 0.05) is 37.3 Å². The summed E-state index contributed by atoms with van der Waals surface area (Å²) in [5, 5.41) is 14.5. The molecular weight excluding hydrogens is 254 g/mol. The Kier molecular flexibility index (Phi) is 3.45. The maximum absolute atomic E-state index is 10.7. The molecule has 0 aromatic heterocycles. The molecule has 0 amide bonds. The number of nitrogens with one attached hydrogen (secondary N) is 1. The number of non-ortho nitro benzene ring substituents is 1. The average molecular weight is 270 g/mol. The summed E-state index contributed by atoms with van der Waals surface area (Å²) in [4.78, 5) is 12.4. The highest BCUT2D eigenvalue weighted by Crippen LogP contribution is 2.31. The molecule has 1 saturated heterocycles. The molecule has 0 atom stereocenters. The molecule has 1 aromatic rings. The molecule has 1 aliphatic rings. The van der Waals surface area contributed by atoms with Crippen molar-refractivity contribution in [1.29, 1.82) is 0 Å². The van der Waals surface area contributed by atoms with E-state index >= 15 is 0 Å². The third-order valence-corrected chi connectivity index (χ3v) is 3.36. The standard InChI is InChI=1S/C12H16ClN3O2/c1-12(2)8-15(6-5-14-12)11-4-3-9(16(17)18)7-10(11)13/h3-4,7,14H,5-6,8H2,1-2H3. The van der Waals surface area contributed by atoms with Crippen molar-refractivity contribution in [3.8, 4) is 0 Å². The van der Waals surface area contributed by atoms with Gasteiger partial charge in [-0.15, -0.1) is 0 Å². The van der Waals surface area contributed by atoms with E-state index in [1.165, 1.54) is 12.1 Å². The first-order chi connectivity index (χ1) is 8.39. The molecule has 98 valence electrons. The van der Waals surface area contributed by atoms with Crippen molar-refractivity contribution >= 4 is 23.0 Å². The zero-order chi connectivity index (χ0) is 13.3. The van der Waals surface area contributed by atoms with Gasteiger partial charge in [0.05, 0.1) is 15.6 Å². The molecule has 1 aromatic carbocycles. The number of nitrogens with zero attached hydrogens (tertiary/aromatic N) is 2. The van der Waals surface area contributed by atoms with Crippen LogP contribution in [0.3, 0.4) is 0 Å². The molecule has 18 heavy (non-hydrogen) atoms. The molecule has 0 unspecified atom stereocenters. The topological polar surface area (TPSA) is 58.4 Å². The summed E-state index contributed by atoms with van der Waals surface area (Å²) in [5.41, 5.74) is 0.901. The van der Waals surface area contributed by atoms with Gasteiger partial charge in [-0.3, -0.25) is 10.1 Å². The van der Waals surface area contributed by atoms with E-state index in [2.05, 4.69) is 24.1 Å². The van der Waals surface area contributed by atoms with E-state index in [4.69, 9.17) is 11.6 Å². The van der Waals surface area contributed by atoms with Gasteiger partial charge < -0.3 is 10.2 Å². The highest BCUT2D eigenvalue weighted by molar-refractivity contribution is 6.33. The fourth-order valence-corrected chi connectivity index (χ4v) is 2.51. The van der Waals surface area contributed by atoms with Gasteiger partial charge in [0.15, 0.2) is 0 Å². The molecule has 6 heteroatoms. The van der Waals surface area contributed by atoms with Crippen LogP contribution in [0.25, 0.3) is 0 Å². The normalized spacial score (nSPS) is 18.7. The molecule has 0 saturated carbocycles. The Bertz CT molecular complexity index is 476. The van der Waals surface area contributed by atoms with Crippen molar-refractivity contribution in [3.63, 3.8) is 0 Å². The minimum atomic E-state index is -0.433. The van der Waals surface area contributed by atoms with E-state index in [0.717, 1.165) is 25.3 Å². The van der Waals surface area contributed by atoms with Crippen LogP contribution in [0, 0.1) is 10.1 Å². The van der Waals surface area contributed by atoms with E-state index in [1.54, 1.807) is 6.07 Å². The van der Waals surface area contributed by atoms with Crippen molar-refractivity contribution in [2.45, 2.75) is 19.4 Å². The molecule has 1 aliphatic heterocycles. The van der Waals surface area contributed by atoms with E-state index in [9.17, 15) is 10.1 Å². The van der Waals surface area contributed by atoms with Crippen LogP contribution in [-0.2, 0) is 0 Å². The van der Waals surface area contributed by atoms with Gasteiger partial charge in [-0.2, -0.15) is 0 Å². The smallest absolute Gasteiger partial charge is 0.271 e. The Balaban J connectivity index is 2.26. The van der Waals surface area contributed by atoms with Crippen molar-refractivity contribution < 1.29 is 4.92 Å². The van der Waals surface area contributed by atoms with Crippen LogP contribution in [0.15, 0.2) is 18.2 Å². The fraction of sp³-hybridized carbons (Fsp3) is 0.500. The fourth-order valence-electron chi connectivity index (χ4n) is 2.21. The molecule has 2 rings (SSSR count). The van der Waals surface area contributed by atoms with Crippen LogP contribution in [0.2, 0.25) is 5.02 Å². The predicted molar refractivity (Wildman–Crippen MR) is 72.4 cm³/mol. The van der Waals surface area contributed by atoms with Gasteiger partial charge in [0.1, 0.15) is 0 Å². The molecule has 1 fully saturated rings. The zero-order valence-corrected chi connectivity index (χ0v) is 11.2.